The van der Waals surface area contributed by atoms with Crippen molar-refractivity contribution in [2.24, 2.45) is 5.92 Å². The van der Waals surface area contributed by atoms with E-state index in [4.69, 9.17) is 0 Å². The SMILES string of the molecule is CC(C)[C@@H](NS(=O)(=O)c1ccc(Br)cc1)C(=O)NCc1ccc(-n2ccnc2)nc1. The first-order chi connectivity index (χ1) is 14.3. The second kappa shape index (κ2) is 9.50. The Labute approximate surface area is 183 Å². The highest BCUT2D eigenvalue weighted by molar-refractivity contribution is 9.10. The van der Waals surface area contributed by atoms with Crippen molar-refractivity contribution in [2.75, 3.05) is 0 Å². The molecule has 0 aliphatic heterocycles. The van der Waals surface area contributed by atoms with Gasteiger partial charge >= 0.3 is 0 Å². The van der Waals surface area contributed by atoms with Crippen LogP contribution in [0.25, 0.3) is 5.82 Å². The lowest BCUT2D eigenvalue weighted by Gasteiger charge is -2.21. The Kier molecular flexibility index (Phi) is 7.01. The molecule has 10 heteroatoms. The van der Waals surface area contributed by atoms with E-state index in [1.807, 2.05) is 12.1 Å². The summed E-state index contributed by atoms with van der Waals surface area (Å²) in [5.74, 6) is 0.0752. The number of carbonyl (C=O) groups excluding carboxylic acids is 1. The van der Waals surface area contributed by atoms with Crippen LogP contribution in [-0.2, 0) is 21.4 Å². The predicted octanol–water partition coefficient (Wildman–Crippen LogP) is 2.65. The first-order valence-corrected chi connectivity index (χ1v) is 11.5. The highest BCUT2D eigenvalue weighted by Crippen LogP contribution is 2.16. The van der Waals surface area contributed by atoms with Gasteiger partial charge in [-0.25, -0.2) is 18.4 Å². The Hall–Kier alpha value is -2.56. The molecule has 0 saturated heterocycles. The minimum atomic E-state index is -3.83. The number of nitrogens with one attached hydrogen (secondary N) is 2. The number of carbonyl (C=O) groups is 1. The molecule has 0 fully saturated rings. The summed E-state index contributed by atoms with van der Waals surface area (Å²) >= 11 is 3.28. The van der Waals surface area contributed by atoms with Crippen molar-refractivity contribution in [2.45, 2.75) is 31.3 Å². The molecule has 0 unspecified atom stereocenters. The number of benzene rings is 1. The Balaban J connectivity index is 1.65. The summed E-state index contributed by atoms with van der Waals surface area (Å²) in [7, 11) is -3.83. The van der Waals surface area contributed by atoms with Gasteiger partial charge in [-0.15, -0.1) is 0 Å². The fourth-order valence-electron chi connectivity index (χ4n) is 2.71. The van der Waals surface area contributed by atoms with Crippen LogP contribution in [0.1, 0.15) is 19.4 Å². The summed E-state index contributed by atoms with van der Waals surface area (Å²) in [4.78, 5) is 21.1. The zero-order chi connectivity index (χ0) is 21.7. The summed E-state index contributed by atoms with van der Waals surface area (Å²) in [5, 5.41) is 2.79. The van der Waals surface area contributed by atoms with Gasteiger partial charge in [-0.2, -0.15) is 4.72 Å². The van der Waals surface area contributed by atoms with E-state index < -0.39 is 22.0 Å². The number of rotatable bonds is 8. The number of imidazole rings is 1. The topological polar surface area (TPSA) is 106 Å². The van der Waals surface area contributed by atoms with E-state index in [9.17, 15) is 13.2 Å². The van der Waals surface area contributed by atoms with Crippen LogP contribution < -0.4 is 10.0 Å². The Bertz CT molecular complexity index is 1080. The first-order valence-electron chi connectivity index (χ1n) is 9.25. The van der Waals surface area contributed by atoms with E-state index in [1.165, 1.54) is 12.1 Å². The van der Waals surface area contributed by atoms with Crippen LogP contribution in [0.2, 0.25) is 0 Å². The van der Waals surface area contributed by atoms with Crippen LogP contribution in [0.15, 0.2) is 70.7 Å². The van der Waals surface area contributed by atoms with E-state index in [0.29, 0.717) is 5.82 Å². The highest BCUT2D eigenvalue weighted by Gasteiger charge is 2.28. The molecular weight excluding hydrogens is 470 g/mol. The number of halogens is 1. The van der Waals surface area contributed by atoms with Crippen molar-refractivity contribution in [3.63, 3.8) is 0 Å². The third-order valence-electron chi connectivity index (χ3n) is 4.40. The largest absolute Gasteiger partial charge is 0.351 e. The average Bonchev–Trinajstić information content (AvgIpc) is 3.26. The molecule has 2 N–H and O–H groups in total. The summed E-state index contributed by atoms with van der Waals surface area (Å²) < 4.78 is 30.4. The molecule has 2 aromatic heterocycles. The van der Waals surface area contributed by atoms with Gasteiger partial charge in [-0.05, 0) is 41.8 Å². The van der Waals surface area contributed by atoms with E-state index in [-0.39, 0.29) is 17.4 Å². The van der Waals surface area contributed by atoms with E-state index in [1.54, 1.807) is 55.5 Å². The van der Waals surface area contributed by atoms with Crippen molar-refractivity contribution < 1.29 is 13.2 Å². The van der Waals surface area contributed by atoms with Crippen LogP contribution >= 0.6 is 15.9 Å². The highest BCUT2D eigenvalue weighted by atomic mass is 79.9. The maximum Gasteiger partial charge on any atom is 0.241 e. The first kappa shape index (κ1) is 22.1. The number of nitrogens with zero attached hydrogens (tertiary/aromatic N) is 3. The van der Waals surface area contributed by atoms with Crippen LogP contribution in [0.5, 0.6) is 0 Å². The molecule has 3 aromatic rings. The van der Waals surface area contributed by atoms with Gasteiger partial charge in [0.1, 0.15) is 18.2 Å². The number of sulfonamides is 1. The lowest BCUT2D eigenvalue weighted by atomic mass is 10.0. The van der Waals surface area contributed by atoms with Gasteiger partial charge < -0.3 is 5.32 Å². The number of aromatic nitrogens is 3. The van der Waals surface area contributed by atoms with E-state index in [2.05, 4.69) is 35.9 Å². The molecule has 3 rings (SSSR count). The molecule has 1 amide bonds. The van der Waals surface area contributed by atoms with Crippen LogP contribution in [-0.4, -0.2) is 34.9 Å². The second-order valence-electron chi connectivity index (χ2n) is 7.01. The van der Waals surface area contributed by atoms with Crippen LogP contribution in [0.4, 0.5) is 0 Å². The van der Waals surface area contributed by atoms with Gasteiger partial charge in [0.25, 0.3) is 0 Å². The molecule has 0 aliphatic rings. The summed E-state index contributed by atoms with van der Waals surface area (Å²) in [5.41, 5.74) is 0.797. The van der Waals surface area contributed by atoms with Crippen molar-refractivity contribution in [1.29, 1.82) is 0 Å². The molecule has 0 bridgehead atoms. The zero-order valence-corrected chi connectivity index (χ0v) is 18.9. The fraction of sp³-hybridized carbons (Fsp3) is 0.250. The Morgan fingerprint density at radius 3 is 2.47 bits per heavy atom. The maximum atomic E-state index is 12.7. The van der Waals surface area contributed by atoms with E-state index >= 15 is 0 Å². The molecule has 0 spiro atoms. The van der Waals surface area contributed by atoms with Gasteiger partial charge in [0, 0.05) is 29.6 Å². The van der Waals surface area contributed by atoms with Gasteiger partial charge in [0.05, 0.1) is 4.90 Å². The number of hydrogen-bond acceptors (Lipinski definition) is 5. The van der Waals surface area contributed by atoms with Crippen molar-refractivity contribution in [3.8, 4) is 5.82 Å². The summed E-state index contributed by atoms with van der Waals surface area (Å²) in [6.45, 7) is 3.81. The van der Waals surface area contributed by atoms with Gasteiger partial charge in [0.2, 0.25) is 15.9 Å². The molecular formula is C20H22BrN5O3S. The second-order valence-corrected chi connectivity index (χ2v) is 9.64. The number of hydrogen-bond donors (Lipinski definition) is 2. The van der Waals surface area contributed by atoms with Crippen LogP contribution in [0, 0.1) is 5.92 Å². The minimum absolute atomic E-state index is 0.100. The smallest absolute Gasteiger partial charge is 0.241 e. The normalized spacial score (nSPS) is 12.7. The molecule has 1 atom stereocenters. The quantitative estimate of drug-likeness (QED) is 0.503. The van der Waals surface area contributed by atoms with Crippen molar-refractivity contribution >= 4 is 31.9 Å². The molecule has 0 aliphatic carbocycles. The van der Waals surface area contributed by atoms with Crippen molar-refractivity contribution in [3.05, 3.63) is 71.4 Å². The Morgan fingerprint density at radius 2 is 1.90 bits per heavy atom. The van der Waals surface area contributed by atoms with Gasteiger partial charge in [0.15, 0.2) is 0 Å². The van der Waals surface area contributed by atoms with Gasteiger partial charge in [-0.3, -0.25) is 9.36 Å². The lowest BCUT2D eigenvalue weighted by molar-refractivity contribution is -0.123. The summed E-state index contributed by atoms with van der Waals surface area (Å²) in [6.07, 6.45) is 6.76. The number of pyridine rings is 1. The lowest BCUT2D eigenvalue weighted by Crippen LogP contribution is -2.49. The monoisotopic (exact) mass is 491 g/mol. The minimum Gasteiger partial charge on any atom is -0.351 e. The third-order valence-corrected chi connectivity index (χ3v) is 6.39. The molecule has 0 saturated carbocycles. The molecule has 2 heterocycles. The zero-order valence-electron chi connectivity index (χ0n) is 16.5. The third kappa shape index (κ3) is 5.53. The molecule has 1 aromatic carbocycles. The predicted molar refractivity (Wildman–Crippen MR) is 116 cm³/mol. The Morgan fingerprint density at radius 1 is 1.17 bits per heavy atom. The maximum absolute atomic E-state index is 12.7. The summed E-state index contributed by atoms with van der Waals surface area (Å²) in [6, 6.07) is 9.00. The van der Waals surface area contributed by atoms with Crippen LogP contribution in [0.3, 0.4) is 0 Å². The molecule has 8 nitrogen and oxygen atoms in total. The number of amides is 1. The standard InChI is InChI=1S/C20H22BrN5O3S/c1-14(2)19(25-30(28,29)17-6-4-16(21)5-7-17)20(27)24-12-15-3-8-18(23-11-15)26-10-9-22-13-26/h3-11,13-14,19,25H,12H2,1-2H3,(H,24,27)/t19-/m1/s1. The van der Waals surface area contributed by atoms with Crippen molar-refractivity contribution in [1.82, 2.24) is 24.6 Å². The van der Waals surface area contributed by atoms with E-state index in [0.717, 1.165) is 10.0 Å². The molecule has 0 radical (unpaired) electrons. The van der Waals surface area contributed by atoms with Gasteiger partial charge in [-0.1, -0.05) is 35.8 Å². The fourth-order valence-corrected chi connectivity index (χ4v) is 4.32. The molecule has 30 heavy (non-hydrogen) atoms. The average molecular weight is 492 g/mol. The molecule has 158 valence electrons.